The minimum Gasteiger partial charge on any atom is -0.451 e. The second-order valence-corrected chi connectivity index (χ2v) is 10.5. The number of fused-ring (bicyclic) bond motifs is 1. The third-order valence-electron chi connectivity index (χ3n) is 6.45. The summed E-state index contributed by atoms with van der Waals surface area (Å²) in [5.74, 6) is -0.279. The number of rotatable bonds is 9. The van der Waals surface area contributed by atoms with Crippen LogP contribution in [0.5, 0.6) is 0 Å². The van der Waals surface area contributed by atoms with Crippen molar-refractivity contribution in [1.82, 2.24) is 4.31 Å². The Morgan fingerprint density at radius 2 is 1.80 bits per heavy atom. The Morgan fingerprint density at radius 1 is 1.09 bits per heavy atom. The monoisotopic (exact) mass is 499 g/mol. The van der Waals surface area contributed by atoms with Gasteiger partial charge in [0.05, 0.1) is 22.9 Å². The van der Waals surface area contributed by atoms with Gasteiger partial charge in [-0.25, -0.2) is 8.42 Å². The smallest absolute Gasteiger partial charge is 0.291 e. The van der Waals surface area contributed by atoms with Crippen LogP contribution in [-0.4, -0.2) is 51.9 Å². The lowest BCUT2D eigenvalue weighted by molar-refractivity contribution is 0.0992. The lowest BCUT2D eigenvalue weighted by Gasteiger charge is -2.31. The minimum atomic E-state index is -3.69. The van der Waals surface area contributed by atoms with E-state index in [0.717, 1.165) is 43.4 Å². The van der Waals surface area contributed by atoms with Crippen LogP contribution in [-0.2, 0) is 21.4 Å². The lowest BCUT2D eigenvalue weighted by atomic mass is 10.1. The van der Waals surface area contributed by atoms with Gasteiger partial charge < -0.3 is 19.4 Å². The van der Waals surface area contributed by atoms with Crippen LogP contribution in [0.1, 0.15) is 49.2 Å². The first-order valence-electron chi connectivity index (χ1n) is 12.1. The molecule has 1 amide bonds. The van der Waals surface area contributed by atoms with E-state index in [1.807, 2.05) is 38.1 Å². The van der Waals surface area contributed by atoms with Gasteiger partial charge in [-0.2, -0.15) is 4.31 Å². The molecule has 1 saturated heterocycles. The van der Waals surface area contributed by atoms with E-state index in [2.05, 4.69) is 10.2 Å². The van der Waals surface area contributed by atoms with E-state index in [0.29, 0.717) is 29.9 Å². The highest BCUT2D eigenvalue weighted by molar-refractivity contribution is 7.89. The number of nitrogens with zero attached hydrogens (tertiary/aromatic N) is 2. The van der Waals surface area contributed by atoms with Crippen LogP contribution in [0.25, 0.3) is 11.0 Å². The number of furan rings is 1. The van der Waals surface area contributed by atoms with E-state index in [1.54, 1.807) is 25.3 Å². The van der Waals surface area contributed by atoms with Crippen LogP contribution in [0, 0.1) is 0 Å². The van der Waals surface area contributed by atoms with Gasteiger partial charge in [-0.3, -0.25) is 4.79 Å². The molecule has 1 aliphatic heterocycles. The molecule has 188 valence electrons. The molecule has 35 heavy (non-hydrogen) atoms. The summed E-state index contributed by atoms with van der Waals surface area (Å²) >= 11 is 0. The van der Waals surface area contributed by atoms with Crippen molar-refractivity contribution in [3.8, 4) is 0 Å². The fourth-order valence-corrected chi connectivity index (χ4v) is 6.13. The highest BCUT2D eigenvalue weighted by Gasteiger charge is 2.26. The zero-order valence-electron chi connectivity index (χ0n) is 20.5. The van der Waals surface area contributed by atoms with Crippen LogP contribution < -0.4 is 10.2 Å². The third kappa shape index (κ3) is 5.07. The fraction of sp³-hybridized carbons (Fsp3) is 0.423. The molecule has 0 saturated carbocycles. The van der Waals surface area contributed by atoms with E-state index in [4.69, 9.17) is 9.15 Å². The number of anilines is 2. The number of benzene rings is 2. The predicted octanol–water partition coefficient (Wildman–Crippen LogP) is 4.85. The summed E-state index contributed by atoms with van der Waals surface area (Å²) in [5, 5.41) is 3.77. The number of para-hydroxylation sites is 1. The van der Waals surface area contributed by atoms with E-state index in [1.165, 1.54) is 4.31 Å². The highest BCUT2D eigenvalue weighted by atomic mass is 32.2. The van der Waals surface area contributed by atoms with Crippen molar-refractivity contribution in [3.63, 3.8) is 0 Å². The van der Waals surface area contributed by atoms with Crippen LogP contribution in [0.4, 0.5) is 11.4 Å². The Kier molecular flexibility index (Phi) is 7.78. The number of hydrogen-bond acceptors (Lipinski definition) is 6. The average molecular weight is 500 g/mol. The van der Waals surface area contributed by atoms with E-state index >= 15 is 0 Å². The Morgan fingerprint density at radius 3 is 2.49 bits per heavy atom. The minimum absolute atomic E-state index is 0.152. The van der Waals surface area contributed by atoms with Gasteiger partial charge in [0.1, 0.15) is 5.58 Å². The molecule has 1 aliphatic rings. The van der Waals surface area contributed by atoms with Crippen LogP contribution >= 0.6 is 0 Å². The molecule has 9 heteroatoms. The van der Waals surface area contributed by atoms with Crippen molar-refractivity contribution in [2.24, 2.45) is 0 Å². The zero-order valence-corrected chi connectivity index (χ0v) is 21.4. The SMILES string of the molecule is CCN(CC)S(=O)(=O)c1ccc(N2CCCCC2)c(NC(=O)c2oc3ccccc3c2COC)c1. The molecule has 2 heterocycles. The van der Waals surface area contributed by atoms with E-state index in [-0.39, 0.29) is 17.3 Å². The van der Waals surface area contributed by atoms with Crippen molar-refractivity contribution in [2.75, 3.05) is 43.5 Å². The number of carbonyl (C=O) groups is 1. The first kappa shape index (κ1) is 25.2. The summed E-state index contributed by atoms with van der Waals surface area (Å²) in [6.45, 7) is 6.28. The molecule has 1 aromatic heterocycles. The van der Waals surface area contributed by atoms with E-state index in [9.17, 15) is 13.2 Å². The number of amides is 1. The van der Waals surface area contributed by atoms with Gasteiger partial charge in [0, 0.05) is 44.2 Å². The molecule has 8 nitrogen and oxygen atoms in total. The summed E-state index contributed by atoms with van der Waals surface area (Å²) < 4.78 is 39.1. The Hall–Kier alpha value is -2.88. The maximum Gasteiger partial charge on any atom is 0.291 e. The van der Waals surface area contributed by atoms with Crippen molar-refractivity contribution < 1.29 is 22.4 Å². The molecule has 0 unspecified atom stereocenters. The Bertz CT molecular complexity index is 1290. The van der Waals surface area contributed by atoms with Crippen molar-refractivity contribution in [2.45, 2.75) is 44.6 Å². The first-order valence-corrected chi connectivity index (χ1v) is 13.5. The Balaban J connectivity index is 1.76. The molecule has 3 aromatic rings. The van der Waals surface area contributed by atoms with Crippen molar-refractivity contribution in [3.05, 3.63) is 53.8 Å². The molecule has 0 bridgehead atoms. The summed E-state index contributed by atoms with van der Waals surface area (Å²) in [7, 11) is -2.12. The number of piperidine rings is 1. The normalized spacial score (nSPS) is 14.6. The molecule has 0 aliphatic carbocycles. The summed E-state index contributed by atoms with van der Waals surface area (Å²) in [6.07, 6.45) is 3.26. The number of methoxy groups -OCH3 is 1. The predicted molar refractivity (Wildman–Crippen MR) is 137 cm³/mol. The van der Waals surface area contributed by atoms with Crippen LogP contribution in [0.15, 0.2) is 51.8 Å². The summed E-state index contributed by atoms with van der Waals surface area (Å²) in [6, 6.07) is 12.4. The van der Waals surface area contributed by atoms with Gasteiger partial charge in [-0.1, -0.05) is 32.0 Å². The summed E-state index contributed by atoms with van der Waals surface area (Å²) in [4.78, 5) is 15.8. The molecule has 1 fully saturated rings. The third-order valence-corrected chi connectivity index (χ3v) is 8.50. The number of carbonyl (C=O) groups excluding carboxylic acids is 1. The van der Waals surface area contributed by atoms with Crippen molar-refractivity contribution in [1.29, 1.82) is 0 Å². The van der Waals surface area contributed by atoms with Crippen molar-refractivity contribution >= 4 is 38.3 Å². The second kappa shape index (κ2) is 10.8. The average Bonchev–Trinajstić information content (AvgIpc) is 3.24. The van der Waals surface area contributed by atoms with Crippen LogP contribution in [0.2, 0.25) is 0 Å². The maximum absolute atomic E-state index is 13.5. The lowest BCUT2D eigenvalue weighted by Crippen LogP contribution is -2.32. The maximum atomic E-state index is 13.5. The van der Waals surface area contributed by atoms with Gasteiger partial charge >= 0.3 is 0 Å². The standard InChI is InChI=1S/C26H33N3O5S/c1-4-29(5-2)35(31,32)19-13-14-23(28-15-9-6-10-16-28)22(17-19)27-26(30)25-21(18-33-3)20-11-7-8-12-24(20)34-25/h7-8,11-14,17H,4-6,9-10,15-16,18H2,1-3H3,(H,27,30). The van der Waals surface area contributed by atoms with Gasteiger partial charge in [-0.15, -0.1) is 0 Å². The first-order chi connectivity index (χ1) is 16.9. The van der Waals surface area contributed by atoms with Crippen LogP contribution in [0.3, 0.4) is 0 Å². The summed E-state index contributed by atoms with van der Waals surface area (Å²) in [5.41, 5.74) is 2.51. The number of ether oxygens (including phenoxy) is 1. The number of nitrogens with one attached hydrogen (secondary N) is 1. The largest absolute Gasteiger partial charge is 0.451 e. The molecule has 0 atom stereocenters. The topological polar surface area (TPSA) is 92.1 Å². The van der Waals surface area contributed by atoms with Gasteiger partial charge in [0.25, 0.3) is 5.91 Å². The molecule has 0 radical (unpaired) electrons. The molecule has 2 aromatic carbocycles. The second-order valence-electron chi connectivity index (χ2n) is 8.61. The fourth-order valence-electron chi connectivity index (χ4n) is 4.65. The molecule has 0 spiro atoms. The Labute approximate surface area is 206 Å². The van der Waals surface area contributed by atoms with Gasteiger partial charge in [0.2, 0.25) is 10.0 Å². The van der Waals surface area contributed by atoms with E-state index < -0.39 is 15.9 Å². The zero-order chi connectivity index (χ0) is 25.0. The molecule has 4 rings (SSSR count). The molecular formula is C26H33N3O5S. The molecular weight excluding hydrogens is 466 g/mol. The van der Waals surface area contributed by atoms with Gasteiger partial charge in [0.15, 0.2) is 5.76 Å². The molecule has 1 N–H and O–H groups in total. The number of hydrogen-bond donors (Lipinski definition) is 1. The van der Waals surface area contributed by atoms with Gasteiger partial charge in [-0.05, 0) is 43.5 Å². The number of sulfonamides is 1. The quantitative estimate of drug-likeness (QED) is 0.452. The highest BCUT2D eigenvalue weighted by Crippen LogP contribution is 2.34.